The largest absolute Gasteiger partial charge is 0.509 e. The van der Waals surface area contributed by atoms with Crippen LogP contribution >= 0.6 is 0 Å². The van der Waals surface area contributed by atoms with Gasteiger partial charge in [-0.2, -0.15) is 12.1 Å². The molecule has 0 bridgehead atoms. The van der Waals surface area contributed by atoms with E-state index in [1.54, 1.807) is 0 Å². The topological polar surface area (TPSA) is 38.5 Å². The van der Waals surface area contributed by atoms with Gasteiger partial charge in [-0.1, -0.05) is 119 Å². The number of nitrogens with zero attached hydrogens (tertiary/aromatic N) is 5. The summed E-state index contributed by atoms with van der Waals surface area (Å²) in [5.41, 5.74) is 11.9. The number of hydrogen-bond donors (Lipinski definition) is 0. The van der Waals surface area contributed by atoms with Crippen LogP contribution in [-0.4, -0.2) is 14.1 Å². The minimum absolute atomic E-state index is 0. The number of ether oxygens (including phenoxy) is 1. The van der Waals surface area contributed by atoms with Crippen molar-refractivity contribution in [2.24, 2.45) is 0 Å². The smallest absolute Gasteiger partial charge is 0.135 e. The minimum Gasteiger partial charge on any atom is -0.509 e. The monoisotopic (exact) mass is 860 g/mol. The number of anilines is 4. The van der Waals surface area contributed by atoms with Crippen molar-refractivity contribution in [3.05, 3.63) is 182 Å². The van der Waals surface area contributed by atoms with E-state index in [-0.39, 0.29) is 31.3 Å². The van der Waals surface area contributed by atoms with Crippen molar-refractivity contribution in [2.45, 2.75) is 52.4 Å². The third-order valence-electron chi connectivity index (χ3n) is 11.1. The molecule has 4 heterocycles. The van der Waals surface area contributed by atoms with E-state index < -0.39 is 0 Å². The molecule has 6 aromatic carbocycles. The third kappa shape index (κ3) is 6.59. The maximum absolute atomic E-state index is 6.69. The molecule has 0 saturated carbocycles. The van der Waals surface area contributed by atoms with Gasteiger partial charge in [-0.25, -0.2) is 4.98 Å². The first-order valence-corrected chi connectivity index (χ1v) is 19.9. The van der Waals surface area contributed by atoms with Crippen LogP contribution in [0.15, 0.2) is 152 Å². The maximum Gasteiger partial charge on any atom is 0.135 e. The molecular formula is C52H44N5OPd-3. The van der Waals surface area contributed by atoms with Gasteiger partial charge in [-0.3, -0.25) is 0 Å². The Kier molecular flexibility index (Phi) is 9.50. The Labute approximate surface area is 360 Å². The van der Waals surface area contributed by atoms with Crippen LogP contribution in [0.5, 0.6) is 11.5 Å². The summed E-state index contributed by atoms with van der Waals surface area (Å²) in [5, 5.41) is 2.20. The zero-order valence-electron chi connectivity index (χ0n) is 34.0. The van der Waals surface area contributed by atoms with Crippen LogP contribution in [0.4, 0.5) is 22.7 Å². The fraction of sp³-hybridized carbons (Fsp3) is 0.154. The van der Waals surface area contributed by atoms with Gasteiger partial charge < -0.3 is 23.7 Å². The van der Waals surface area contributed by atoms with Gasteiger partial charge in [0.2, 0.25) is 0 Å². The van der Waals surface area contributed by atoms with Crippen LogP contribution in [0.2, 0.25) is 0 Å². The van der Waals surface area contributed by atoms with Crippen molar-refractivity contribution in [1.82, 2.24) is 14.1 Å². The molecule has 0 N–H and O–H groups in total. The Morgan fingerprint density at radius 1 is 0.559 bits per heavy atom. The van der Waals surface area contributed by atoms with Crippen LogP contribution in [0.3, 0.4) is 0 Å². The third-order valence-corrected chi connectivity index (χ3v) is 11.1. The van der Waals surface area contributed by atoms with E-state index >= 15 is 0 Å². The normalized spacial score (nSPS) is 13.0. The molecule has 6 nitrogen and oxygen atoms in total. The van der Waals surface area contributed by atoms with Crippen LogP contribution in [-0.2, 0) is 31.3 Å². The fourth-order valence-electron chi connectivity index (χ4n) is 8.35. The zero-order chi connectivity index (χ0) is 39.8. The Hall–Kier alpha value is -6.13. The number of fused-ring (bicyclic) bond motifs is 6. The Balaban J connectivity index is 0.00000449. The molecule has 1 aliphatic heterocycles. The van der Waals surface area contributed by atoms with Crippen LogP contribution in [0, 0.1) is 18.8 Å². The molecule has 0 fully saturated rings. The van der Waals surface area contributed by atoms with E-state index in [0.29, 0.717) is 11.5 Å². The average Bonchev–Trinajstić information content (AvgIpc) is 3.88. The summed E-state index contributed by atoms with van der Waals surface area (Å²) in [6.07, 6.45) is 1.92. The van der Waals surface area contributed by atoms with E-state index in [9.17, 15) is 0 Å². The summed E-state index contributed by atoms with van der Waals surface area (Å²) in [7, 11) is 0. The Bertz CT molecular complexity index is 3000. The van der Waals surface area contributed by atoms with Crippen LogP contribution in [0.25, 0.3) is 44.3 Å². The van der Waals surface area contributed by atoms with Gasteiger partial charge in [-0.05, 0) is 70.5 Å². The van der Waals surface area contributed by atoms with E-state index in [4.69, 9.17) is 9.72 Å². The van der Waals surface area contributed by atoms with Crippen molar-refractivity contribution >= 4 is 55.6 Å². The molecular weight excluding hydrogens is 817 g/mol. The van der Waals surface area contributed by atoms with Crippen LogP contribution in [0.1, 0.15) is 52.7 Å². The predicted molar refractivity (Wildman–Crippen MR) is 238 cm³/mol. The van der Waals surface area contributed by atoms with Gasteiger partial charge in [0.05, 0.1) is 11.0 Å². The minimum atomic E-state index is -0.0586. The molecule has 3 aromatic heterocycles. The van der Waals surface area contributed by atoms with Gasteiger partial charge in [0.15, 0.2) is 0 Å². The van der Waals surface area contributed by atoms with Gasteiger partial charge in [-0.15, -0.1) is 42.7 Å². The second kappa shape index (κ2) is 14.6. The summed E-state index contributed by atoms with van der Waals surface area (Å²) in [5.74, 6) is 2.03. The quantitative estimate of drug-likeness (QED) is 0.123. The molecule has 0 spiro atoms. The molecule has 9 aromatic rings. The number of aromatic nitrogens is 3. The second-order valence-electron chi connectivity index (χ2n) is 17.1. The molecule has 0 radical (unpaired) electrons. The molecule has 0 amide bonds. The first kappa shape index (κ1) is 38.4. The summed E-state index contributed by atoms with van der Waals surface area (Å²) >= 11 is 0. The second-order valence-corrected chi connectivity index (χ2v) is 17.1. The summed E-state index contributed by atoms with van der Waals surface area (Å²) in [6, 6.07) is 58.2. The molecule has 0 atom stereocenters. The van der Waals surface area contributed by atoms with E-state index in [2.05, 4.69) is 207 Å². The molecule has 0 unspecified atom stereocenters. The molecule has 1 aliphatic rings. The average molecular weight is 861 g/mol. The fourth-order valence-corrected chi connectivity index (χ4v) is 8.35. The van der Waals surface area contributed by atoms with Gasteiger partial charge in [0.25, 0.3) is 0 Å². The van der Waals surface area contributed by atoms with Crippen LogP contribution < -0.4 is 14.5 Å². The Morgan fingerprint density at radius 3 is 1.98 bits per heavy atom. The number of hydrogen-bond acceptors (Lipinski definition) is 4. The van der Waals surface area contributed by atoms with Gasteiger partial charge in [0.1, 0.15) is 5.82 Å². The van der Waals surface area contributed by atoms with Crippen molar-refractivity contribution < 1.29 is 25.2 Å². The zero-order valence-corrected chi connectivity index (χ0v) is 35.5. The van der Waals surface area contributed by atoms with E-state index in [1.807, 2.05) is 24.4 Å². The maximum atomic E-state index is 6.69. The van der Waals surface area contributed by atoms with E-state index in [1.165, 1.54) is 11.1 Å². The van der Waals surface area contributed by atoms with Crippen molar-refractivity contribution in [1.29, 1.82) is 0 Å². The van der Waals surface area contributed by atoms with Crippen molar-refractivity contribution in [3.8, 4) is 23.0 Å². The molecule has 59 heavy (non-hydrogen) atoms. The number of benzene rings is 6. The van der Waals surface area contributed by atoms with Crippen molar-refractivity contribution in [2.75, 3.05) is 9.80 Å². The van der Waals surface area contributed by atoms with Gasteiger partial charge in [0, 0.05) is 71.8 Å². The molecule has 7 heteroatoms. The SMILES string of the molecule is CC(C)(C)c1ccnc(-n2c3[c-]c(Oc4[c-]c(N5[CH-]N(c6ccccc6C(C)(C)C)c6ccccc65)ccc4)ccc3c3c2c2ccccc2n3-c2ccccc2)c1.[Pd]. The molecule has 296 valence electrons. The summed E-state index contributed by atoms with van der Waals surface area (Å²) in [6.45, 7) is 15.7. The first-order chi connectivity index (χ1) is 28.0. The molecule has 10 rings (SSSR count). The number of rotatable bonds is 6. The van der Waals surface area contributed by atoms with Crippen molar-refractivity contribution in [3.63, 3.8) is 0 Å². The van der Waals surface area contributed by atoms with Gasteiger partial charge >= 0.3 is 0 Å². The predicted octanol–water partition coefficient (Wildman–Crippen LogP) is 13.5. The Morgan fingerprint density at radius 2 is 1.22 bits per heavy atom. The number of pyridine rings is 1. The summed E-state index contributed by atoms with van der Waals surface area (Å²) in [4.78, 5) is 9.46. The standard InChI is InChI=1S/C52H44N5O.Pd/c1-51(2,3)35-29-30-53-48(31-35)57-47-33-39(27-28-41(47)49-50(57)40-21-10-12-23-43(40)56(49)36-17-8-7-9-18-36)58-38-20-16-19-37(32-38)54-34-55(46-26-15-14-25-45(46)54)44-24-13-11-22-42(44)52(4,5)6;/h7-31,34H,1-6H3;/q-3;. The number of para-hydroxylation sites is 5. The molecule has 0 aliphatic carbocycles. The summed E-state index contributed by atoms with van der Waals surface area (Å²) < 4.78 is 11.3. The molecule has 0 saturated heterocycles. The first-order valence-electron chi connectivity index (χ1n) is 19.9. The van der Waals surface area contributed by atoms with E-state index in [0.717, 1.165) is 67.1 Å².